The first kappa shape index (κ1) is 17.5. The molecular weight excluding hydrogens is 362 g/mol. The number of benzene rings is 2. The van der Waals surface area contributed by atoms with E-state index in [2.05, 4.69) is 71.1 Å². The summed E-state index contributed by atoms with van der Waals surface area (Å²) in [5.74, 6) is 1.04. The van der Waals surface area contributed by atoms with Crippen LogP contribution in [0.25, 0.3) is 0 Å². The van der Waals surface area contributed by atoms with Crippen LogP contribution in [0.4, 0.5) is 0 Å². The lowest BCUT2D eigenvalue weighted by Gasteiger charge is -2.34. The Labute approximate surface area is 154 Å². The Morgan fingerprint density at radius 3 is 2.71 bits per heavy atom. The molecule has 1 unspecified atom stereocenters. The van der Waals surface area contributed by atoms with E-state index in [0.29, 0.717) is 12.6 Å². The normalized spacial score (nSPS) is 18.5. The van der Waals surface area contributed by atoms with Gasteiger partial charge in [-0.25, -0.2) is 0 Å². The summed E-state index contributed by atoms with van der Waals surface area (Å²) >= 11 is 3.65. The molecule has 2 aromatic carbocycles. The molecule has 128 valence electrons. The van der Waals surface area contributed by atoms with Crippen molar-refractivity contribution in [3.63, 3.8) is 0 Å². The Bertz CT molecular complexity index is 671. The Morgan fingerprint density at radius 2 is 1.96 bits per heavy atom. The van der Waals surface area contributed by atoms with Crippen LogP contribution in [0.15, 0.2) is 46.9 Å². The number of piperidine rings is 1. The zero-order chi connectivity index (χ0) is 16.9. The van der Waals surface area contributed by atoms with E-state index in [1.807, 2.05) is 6.07 Å². The highest BCUT2D eigenvalue weighted by Crippen LogP contribution is 2.31. The van der Waals surface area contributed by atoms with Gasteiger partial charge in [-0.05, 0) is 56.5 Å². The summed E-state index contributed by atoms with van der Waals surface area (Å²) in [6.07, 6.45) is 3.96. The average molecular weight is 388 g/mol. The van der Waals surface area contributed by atoms with Gasteiger partial charge in [0.2, 0.25) is 0 Å². The lowest BCUT2D eigenvalue weighted by Crippen LogP contribution is -2.36. The van der Waals surface area contributed by atoms with Crippen molar-refractivity contribution in [1.29, 1.82) is 0 Å². The van der Waals surface area contributed by atoms with Crippen molar-refractivity contribution >= 4 is 15.9 Å². The van der Waals surface area contributed by atoms with Gasteiger partial charge in [0.05, 0.1) is 0 Å². The summed E-state index contributed by atoms with van der Waals surface area (Å²) in [5, 5.41) is 0. The molecule has 1 atom stereocenters. The predicted octanol–water partition coefficient (Wildman–Crippen LogP) is 5.71. The number of hydrogen-bond acceptors (Lipinski definition) is 2. The number of halogens is 1. The highest BCUT2D eigenvalue weighted by Gasteiger charge is 2.20. The molecule has 0 aromatic heterocycles. The number of likely N-dealkylation sites (tertiary alicyclic amines) is 1. The van der Waals surface area contributed by atoms with Crippen LogP contribution in [-0.4, -0.2) is 17.5 Å². The number of nitrogens with zero attached hydrogens (tertiary/aromatic N) is 1. The molecule has 0 amide bonds. The lowest BCUT2D eigenvalue weighted by atomic mass is 10.0. The molecule has 1 heterocycles. The molecule has 0 N–H and O–H groups in total. The molecule has 2 nitrogen and oxygen atoms in total. The van der Waals surface area contributed by atoms with Gasteiger partial charge in [0.25, 0.3) is 0 Å². The van der Waals surface area contributed by atoms with Crippen LogP contribution in [0.3, 0.4) is 0 Å². The van der Waals surface area contributed by atoms with Gasteiger partial charge in [-0.15, -0.1) is 0 Å². The van der Waals surface area contributed by atoms with Gasteiger partial charge in [0.15, 0.2) is 0 Å². The molecule has 1 aliphatic heterocycles. The third-order valence-corrected chi connectivity index (χ3v) is 5.31. The zero-order valence-corrected chi connectivity index (χ0v) is 16.2. The van der Waals surface area contributed by atoms with E-state index in [9.17, 15) is 0 Å². The molecule has 0 saturated carbocycles. The molecule has 2 aromatic rings. The molecule has 1 saturated heterocycles. The summed E-state index contributed by atoms with van der Waals surface area (Å²) in [4.78, 5) is 2.58. The van der Waals surface area contributed by atoms with Gasteiger partial charge in [-0.1, -0.05) is 52.7 Å². The van der Waals surface area contributed by atoms with E-state index >= 15 is 0 Å². The smallest absolute Gasteiger partial charge is 0.127 e. The maximum absolute atomic E-state index is 6.24. The summed E-state index contributed by atoms with van der Waals surface area (Å²) in [6.45, 7) is 7.24. The predicted molar refractivity (Wildman–Crippen MR) is 103 cm³/mol. The van der Waals surface area contributed by atoms with Crippen molar-refractivity contribution in [3.8, 4) is 5.75 Å². The van der Waals surface area contributed by atoms with Crippen LogP contribution in [0.1, 0.15) is 42.9 Å². The van der Waals surface area contributed by atoms with Gasteiger partial charge in [0, 0.05) is 22.6 Å². The van der Waals surface area contributed by atoms with Crippen molar-refractivity contribution in [3.05, 3.63) is 63.6 Å². The van der Waals surface area contributed by atoms with E-state index in [1.165, 1.54) is 42.5 Å². The lowest BCUT2D eigenvalue weighted by molar-refractivity contribution is 0.150. The van der Waals surface area contributed by atoms with Gasteiger partial charge in [0.1, 0.15) is 12.4 Å². The number of ether oxygens (including phenoxy) is 1. The van der Waals surface area contributed by atoms with E-state index in [0.717, 1.165) is 16.8 Å². The Kier molecular flexibility index (Phi) is 5.96. The van der Waals surface area contributed by atoms with Gasteiger partial charge >= 0.3 is 0 Å². The number of aryl methyl sites for hydroxylation is 1. The van der Waals surface area contributed by atoms with Crippen LogP contribution < -0.4 is 4.74 Å². The monoisotopic (exact) mass is 387 g/mol. The molecule has 1 fully saturated rings. The average Bonchev–Trinajstić information content (AvgIpc) is 2.57. The molecule has 3 heteroatoms. The summed E-state index contributed by atoms with van der Waals surface area (Å²) in [5.41, 5.74) is 3.68. The van der Waals surface area contributed by atoms with Crippen molar-refractivity contribution in [2.75, 3.05) is 6.54 Å². The van der Waals surface area contributed by atoms with Gasteiger partial charge in [-0.2, -0.15) is 0 Å². The fourth-order valence-corrected chi connectivity index (χ4v) is 4.08. The van der Waals surface area contributed by atoms with E-state index in [-0.39, 0.29) is 0 Å². The minimum absolute atomic E-state index is 0.617. The molecule has 3 rings (SSSR count). The molecule has 0 spiro atoms. The maximum Gasteiger partial charge on any atom is 0.127 e. The Balaban J connectivity index is 1.79. The minimum atomic E-state index is 0.617. The van der Waals surface area contributed by atoms with Gasteiger partial charge < -0.3 is 4.74 Å². The fourth-order valence-electron chi connectivity index (χ4n) is 3.46. The number of hydrogen-bond donors (Lipinski definition) is 0. The first-order valence-corrected chi connectivity index (χ1v) is 9.62. The van der Waals surface area contributed by atoms with Crippen molar-refractivity contribution < 1.29 is 4.74 Å². The van der Waals surface area contributed by atoms with Crippen LogP contribution >= 0.6 is 15.9 Å². The number of rotatable bonds is 5. The van der Waals surface area contributed by atoms with Crippen LogP contribution in [0, 0.1) is 6.92 Å². The third kappa shape index (κ3) is 4.40. The van der Waals surface area contributed by atoms with Crippen LogP contribution in [0.5, 0.6) is 5.75 Å². The van der Waals surface area contributed by atoms with Gasteiger partial charge in [-0.3, -0.25) is 4.90 Å². The summed E-state index contributed by atoms with van der Waals surface area (Å²) in [7, 11) is 0. The Morgan fingerprint density at radius 1 is 1.17 bits per heavy atom. The van der Waals surface area contributed by atoms with E-state index in [4.69, 9.17) is 4.74 Å². The molecule has 24 heavy (non-hydrogen) atoms. The molecule has 0 bridgehead atoms. The van der Waals surface area contributed by atoms with Crippen molar-refractivity contribution in [1.82, 2.24) is 4.90 Å². The second-order valence-electron chi connectivity index (χ2n) is 6.80. The van der Waals surface area contributed by atoms with Crippen LogP contribution in [-0.2, 0) is 13.2 Å². The SMILES string of the molecule is Cc1cc(Br)cc(CN2CCCCC2C)c1OCc1ccccc1. The highest BCUT2D eigenvalue weighted by atomic mass is 79.9. The fraction of sp³-hybridized carbons (Fsp3) is 0.429. The largest absolute Gasteiger partial charge is 0.488 e. The third-order valence-electron chi connectivity index (χ3n) is 4.86. The van der Waals surface area contributed by atoms with Crippen LogP contribution in [0.2, 0.25) is 0 Å². The van der Waals surface area contributed by atoms with Crippen molar-refractivity contribution in [2.24, 2.45) is 0 Å². The highest BCUT2D eigenvalue weighted by molar-refractivity contribution is 9.10. The summed E-state index contributed by atoms with van der Waals surface area (Å²) in [6, 6.07) is 15.4. The summed E-state index contributed by atoms with van der Waals surface area (Å²) < 4.78 is 7.37. The minimum Gasteiger partial charge on any atom is -0.488 e. The second-order valence-corrected chi connectivity index (χ2v) is 7.72. The topological polar surface area (TPSA) is 12.5 Å². The van der Waals surface area contributed by atoms with E-state index < -0.39 is 0 Å². The maximum atomic E-state index is 6.24. The molecule has 0 radical (unpaired) electrons. The first-order chi connectivity index (χ1) is 11.6. The zero-order valence-electron chi connectivity index (χ0n) is 14.6. The first-order valence-electron chi connectivity index (χ1n) is 8.83. The standard InChI is InChI=1S/C21H26BrNO/c1-16-12-20(22)13-19(14-23-11-7-6-8-17(23)2)21(16)24-15-18-9-4-3-5-10-18/h3-5,9-10,12-13,17H,6-8,11,14-15H2,1-2H3. The van der Waals surface area contributed by atoms with E-state index in [1.54, 1.807) is 0 Å². The Hall–Kier alpha value is -1.32. The molecule has 1 aliphatic rings. The molecule has 0 aliphatic carbocycles. The quantitative estimate of drug-likeness (QED) is 0.651. The molecular formula is C21H26BrNO. The second kappa shape index (κ2) is 8.17. The van der Waals surface area contributed by atoms with Crippen molar-refractivity contribution in [2.45, 2.75) is 52.3 Å².